The van der Waals surface area contributed by atoms with Gasteiger partial charge in [-0.2, -0.15) is 0 Å². The summed E-state index contributed by atoms with van der Waals surface area (Å²) in [5, 5.41) is 13.1. The number of allylic oxidation sites excluding steroid dienone is 2. The number of aliphatic hydroxyl groups is 1. The highest BCUT2D eigenvalue weighted by atomic mass is 35.5. The van der Waals surface area contributed by atoms with Gasteiger partial charge in [0.1, 0.15) is 18.7 Å². The van der Waals surface area contributed by atoms with Crippen LogP contribution in [-0.2, 0) is 19.0 Å². The molecule has 0 radical (unpaired) electrons. The lowest BCUT2D eigenvalue weighted by atomic mass is 9.85. The molecule has 31 heavy (non-hydrogen) atoms. The van der Waals surface area contributed by atoms with Gasteiger partial charge in [-0.3, -0.25) is 0 Å². The van der Waals surface area contributed by atoms with Crippen LogP contribution in [0.5, 0.6) is 0 Å². The second-order valence-electron chi connectivity index (χ2n) is 6.33. The Hall–Kier alpha value is -1.77. The fraction of sp³-hybridized carbons (Fsp3) is 0.478. The van der Waals surface area contributed by atoms with E-state index in [9.17, 15) is 0 Å². The molecule has 0 spiro atoms. The van der Waals surface area contributed by atoms with Gasteiger partial charge in [-0.15, -0.1) is 0 Å². The van der Waals surface area contributed by atoms with E-state index in [1.54, 1.807) is 26.5 Å². The van der Waals surface area contributed by atoms with Gasteiger partial charge in [0.25, 0.3) is 0 Å². The van der Waals surface area contributed by atoms with E-state index in [0.29, 0.717) is 5.02 Å². The van der Waals surface area contributed by atoms with Crippen LogP contribution >= 0.6 is 23.8 Å². The van der Waals surface area contributed by atoms with Gasteiger partial charge in [0.05, 0.1) is 19.3 Å². The molecular formula is C23H34ClNO5S. The summed E-state index contributed by atoms with van der Waals surface area (Å²) in [5.74, 6) is 0.673. The average molecular weight is 472 g/mol. The third-order valence-electron chi connectivity index (χ3n) is 4.53. The first kappa shape index (κ1) is 29.2. The van der Waals surface area contributed by atoms with Gasteiger partial charge in [-0.05, 0) is 37.6 Å². The Balaban J connectivity index is 0.00000165. The molecule has 0 aliphatic heterocycles. The fourth-order valence-corrected chi connectivity index (χ4v) is 3.60. The summed E-state index contributed by atoms with van der Waals surface area (Å²) in [6.07, 6.45) is 6.03. The number of methoxy groups -OCH3 is 2. The standard InChI is InChI=1S/C20H26ClNO3S.C2H6O.CH2O/c1-5-14(12-26)25-19(16-11-13(21)9-10-17(16)22-2)15-7-6-8-18(23-3)20(15)24-4;1-2-3;1-2/h6-12,14-15,19-20,22H,5H2,1-4H3;3H,2H2,1H3;1H2. The van der Waals surface area contributed by atoms with E-state index in [1.807, 2.05) is 51.1 Å². The maximum absolute atomic E-state index is 8.00. The normalized spacial score (nSPS) is 18.9. The Bertz CT molecular complexity index is 713. The number of rotatable bonds is 9. The van der Waals surface area contributed by atoms with E-state index in [2.05, 4.69) is 11.4 Å². The first-order valence-electron chi connectivity index (χ1n) is 9.93. The highest BCUT2D eigenvalue weighted by Gasteiger charge is 2.36. The van der Waals surface area contributed by atoms with Gasteiger partial charge in [0.15, 0.2) is 0 Å². The van der Waals surface area contributed by atoms with Crippen LogP contribution in [0.2, 0.25) is 5.02 Å². The van der Waals surface area contributed by atoms with Crippen molar-refractivity contribution in [2.45, 2.75) is 38.6 Å². The summed E-state index contributed by atoms with van der Waals surface area (Å²) in [6, 6.07) is 5.74. The molecule has 8 heteroatoms. The number of thiocarbonyl (C=S) groups is 1. The van der Waals surface area contributed by atoms with Gasteiger partial charge < -0.3 is 29.4 Å². The first-order chi connectivity index (χ1) is 15.0. The van der Waals surface area contributed by atoms with E-state index < -0.39 is 0 Å². The summed E-state index contributed by atoms with van der Waals surface area (Å²) >= 11 is 11.4. The number of halogens is 1. The van der Waals surface area contributed by atoms with Crippen LogP contribution < -0.4 is 5.32 Å². The number of aliphatic hydroxyl groups excluding tert-OH is 1. The van der Waals surface area contributed by atoms with E-state index in [-0.39, 0.29) is 30.8 Å². The van der Waals surface area contributed by atoms with Crippen molar-refractivity contribution in [2.75, 3.05) is 33.2 Å². The summed E-state index contributed by atoms with van der Waals surface area (Å²) < 4.78 is 17.7. The second kappa shape index (κ2) is 16.9. The lowest BCUT2D eigenvalue weighted by Gasteiger charge is -2.35. The molecule has 0 amide bonds. The number of nitrogens with one attached hydrogen (secondary N) is 1. The predicted octanol–water partition coefficient (Wildman–Crippen LogP) is 4.76. The number of benzene rings is 1. The van der Waals surface area contributed by atoms with Crippen LogP contribution in [0.25, 0.3) is 0 Å². The van der Waals surface area contributed by atoms with Gasteiger partial charge in [0.2, 0.25) is 0 Å². The molecule has 2 rings (SSSR count). The maximum Gasteiger partial charge on any atom is 0.125 e. The zero-order valence-electron chi connectivity index (χ0n) is 18.8. The molecule has 0 saturated heterocycles. The van der Waals surface area contributed by atoms with Gasteiger partial charge in [-0.25, -0.2) is 0 Å². The van der Waals surface area contributed by atoms with Crippen molar-refractivity contribution >= 4 is 41.7 Å². The number of anilines is 1. The number of ether oxygens (including phenoxy) is 3. The van der Waals surface area contributed by atoms with Crippen LogP contribution in [0.1, 0.15) is 31.9 Å². The zero-order valence-corrected chi connectivity index (χ0v) is 20.4. The topological polar surface area (TPSA) is 77.0 Å². The zero-order chi connectivity index (χ0) is 23.8. The van der Waals surface area contributed by atoms with Crippen molar-refractivity contribution < 1.29 is 24.1 Å². The molecule has 2 N–H and O–H groups in total. The smallest absolute Gasteiger partial charge is 0.125 e. The molecule has 0 fully saturated rings. The van der Waals surface area contributed by atoms with E-state index >= 15 is 0 Å². The van der Waals surface area contributed by atoms with E-state index in [1.165, 1.54) is 0 Å². The number of carbonyl (C=O) groups excluding carboxylic acids is 1. The molecule has 0 saturated carbocycles. The van der Waals surface area contributed by atoms with E-state index in [4.69, 9.17) is 47.9 Å². The SMILES string of the molecule is C=O.CCC(C=S)OC(c1cc(Cl)ccc1NC)C1C=CC=C(OC)C1OC.CCO. The molecular weight excluding hydrogens is 438 g/mol. The highest BCUT2D eigenvalue weighted by Crippen LogP contribution is 2.40. The highest BCUT2D eigenvalue weighted by molar-refractivity contribution is 7.79. The number of hydrogen-bond acceptors (Lipinski definition) is 7. The lowest BCUT2D eigenvalue weighted by molar-refractivity contribution is -0.0980. The fourth-order valence-electron chi connectivity index (χ4n) is 3.16. The first-order valence-corrected chi connectivity index (χ1v) is 10.8. The quantitative estimate of drug-likeness (QED) is 0.502. The molecule has 1 aliphatic carbocycles. The maximum atomic E-state index is 8.00. The molecule has 4 atom stereocenters. The molecule has 174 valence electrons. The molecule has 1 aromatic rings. The van der Waals surface area contributed by atoms with Crippen LogP contribution in [0.15, 0.2) is 42.2 Å². The Morgan fingerprint density at radius 2 is 1.97 bits per heavy atom. The van der Waals surface area contributed by atoms with Crippen molar-refractivity contribution in [3.63, 3.8) is 0 Å². The Labute approximate surface area is 196 Å². The largest absolute Gasteiger partial charge is 0.498 e. The van der Waals surface area contributed by atoms with Crippen molar-refractivity contribution in [3.8, 4) is 0 Å². The number of hydrogen-bond donors (Lipinski definition) is 2. The van der Waals surface area contributed by atoms with Crippen molar-refractivity contribution in [3.05, 3.63) is 52.8 Å². The molecule has 6 nitrogen and oxygen atoms in total. The monoisotopic (exact) mass is 471 g/mol. The Kier molecular flexibility index (Phi) is 15.9. The van der Waals surface area contributed by atoms with Crippen molar-refractivity contribution in [1.82, 2.24) is 0 Å². The number of carbonyl (C=O) groups is 1. The van der Waals surface area contributed by atoms with Crippen LogP contribution in [-0.4, -0.2) is 57.3 Å². The minimum absolute atomic E-state index is 0.0884. The third kappa shape index (κ3) is 8.71. The van der Waals surface area contributed by atoms with Crippen LogP contribution in [0.3, 0.4) is 0 Å². The Morgan fingerprint density at radius 1 is 1.32 bits per heavy atom. The minimum atomic E-state index is -0.305. The van der Waals surface area contributed by atoms with Gasteiger partial charge in [-0.1, -0.05) is 42.9 Å². The van der Waals surface area contributed by atoms with E-state index in [0.717, 1.165) is 23.4 Å². The van der Waals surface area contributed by atoms with Crippen LogP contribution in [0.4, 0.5) is 5.69 Å². The van der Waals surface area contributed by atoms with Gasteiger partial charge >= 0.3 is 0 Å². The summed E-state index contributed by atoms with van der Waals surface area (Å²) in [4.78, 5) is 8.00. The molecule has 0 bridgehead atoms. The summed E-state index contributed by atoms with van der Waals surface area (Å²) in [5.41, 5.74) is 1.92. The predicted molar refractivity (Wildman–Crippen MR) is 131 cm³/mol. The molecule has 4 unspecified atom stereocenters. The Morgan fingerprint density at radius 3 is 2.45 bits per heavy atom. The second-order valence-corrected chi connectivity index (χ2v) is 7.04. The minimum Gasteiger partial charge on any atom is -0.498 e. The van der Waals surface area contributed by atoms with Gasteiger partial charge in [0, 0.05) is 48.3 Å². The molecule has 0 aromatic heterocycles. The third-order valence-corrected chi connectivity index (χ3v) is 5.07. The average Bonchev–Trinajstić information content (AvgIpc) is 2.81. The van der Waals surface area contributed by atoms with Crippen molar-refractivity contribution in [2.24, 2.45) is 5.92 Å². The summed E-state index contributed by atoms with van der Waals surface area (Å²) in [7, 11) is 5.20. The molecule has 1 aromatic carbocycles. The van der Waals surface area contributed by atoms with Crippen LogP contribution in [0, 0.1) is 5.92 Å². The van der Waals surface area contributed by atoms with Crippen molar-refractivity contribution in [1.29, 1.82) is 0 Å². The molecule has 1 aliphatic rings. The summed E-state index contributed by atoms with van der Waals surface area (Å²) in [6.45, 7) is 5.98. The molecule has 0 heterocycles. The lowest BCUT2D eigenvalue weighted by Crippen LogP contribution is -2.34.